The van der Waals surface area contributed by atoms with E-state index in [0.717, 1.165) is 19.6 Å². The molecule has 0 N–H and O–H groups in total. The molecule has 2 atom stereocenters. The summed E-state index contributed by atoms with van der Waals surface area (Å²) in [6, 6.07) is 31.3. The number of benzene rings is 3. The van der Waals surface area contributed by atoms with Crippen molar-refractivity contribution in [3.05, 3.63) is 108 Å². The van der Waals surface area contributed by atoms with Gasteiger partial charge in [-0.1, -0.05) is 105 Å². The lowest BCUT2D eigenvalue weighted by atomic mass is 9.83. The van der Waals surface area contributed by atoms with E-state index in [9.17, 15) is 4.79 Å². The Balaban J connectivity index is 1.71. The Morgan fingerprint density at radius 1 is 0.806 bits per heavy atom. The Bertz CT molecular complexity index is 928. The number of likely N-dealkylation sites (N-methyl/N-ethyl adjacent to an activating group) is 1. The zero-order valence-corrected chi connectivity index (χ0v) is 18.4. The maximum Gasteiger partial charge on any atom is 0.310 e. The van der Waals surface area contributed by atoms with Crippen LogP contribution in [0.3, 0.4) is 0 Å². The Morgan fingerprint density at radius 3 is 1.77 bits per heavy atom. The summed E-state index contributed by atoms with van der Waals surface area (Å²) >= 11 is 0. The standard InChI is InChI=1S/C28H31NO2/c1-3-29(4-2)20-21-31-27(30)26-25(22-14-8-5-9-15-22)28(26,23-16-10-6-11-17-23)24-18-12-7-13-19-24/h5-19,25-26H,3-4,20-21H2,1-2H3. The quantitative estimate of drug-likeness (QED) is 0.448. The first-order chi connectivity index (χ1) is 15.2. The van der Waals surface area contributed by atoms with Crippen molar-refractivity contribution in [1.82, 2.24) is 4.90 Å². The molecular weight excluding hydrogens is 382 g/mol. The molecule has 4 rings (SSSR count). The topological polar surface area (TPSA) is 29.5 Å². The summed E-state index contributed by atoms with van der Waals surface area (Å²) in [7, 11) is 0. The normalized spacial score (nSPS) is 19.2. The molecule has 3 heteroatoms. The largest absolute Gasteiger partial charge is 0.464 e. The number of carbonyl (C=O) groups excluding carboxylic acids is 1. The molecule has 0 radical (unpaired) electrons. The fraction of sp³-hybridized carbons (Fsp3) is 0.321. The van der Waals surface area contributed by atoms with Crippen molar-refractivity contribution in [1.29, 1.82) is 0 Å². The second-order valence-corrected chi connectivity index (χ2v) is 8.16. The van der Waals surface area contributed by atoms with Gasteiger partial charge in [-0.3, -0.25) is 4.79 Å². The molecule has 0 saturated heterocycles. The number of ether oxygens (including phenoxy) is 1. The van der Waals surface area contributed by atoms with Gasteiger partial charge in [-0.15, -0.1) is 0 Å². The lowest BCUT2D eigenvalue weighted by Gasteiger charge is -2.21. The number of rotatable bonds is 9. The maximum atomic E-state index is 13.5. The van der Waals surface area contributed by atoms with Crippen molar-refractivity contribution in [3.8, 4) is 0 Å². The van der Waals surface area contributed by atoms with Crippen molar-refractivity contribution in [2.45, 2.75) is 25.2 Å². The van der Waals surface area contributed by atoms with E-state index >= 15 is 0 Å². The van der Waals surface area contributed by atoms with Crippen LogP contribution in [0.2, 0.25) is 0 Å². The molecule has 0 heterocycles. The molecule has 0 bridgehead atoms. The van der Waals surface area contributed by atoms with Crippen LogP contribution < -0.4 is 0 Å². The minimum atomic E-state index is -0.407. The van der Waals surface area contributed by atoms with Gasteiger partial charge in [-0.25, -0.2) is 0 Å². The molecule has 3 nitrogen and oxygen atoms in total. The second-order valence-electron chi connectivity index (χ2n) is 8.16. The highest BCUT2D eigenvalue weighted by Gasteiger charge is 2.70. The van der Waals surface area contributed by atoms with E-state index in [4.69, 9.17) is 4.74 Å². The lowest BCUT2D eigenvalue weighted by molar-refractivity contribution is -0.146. The van der Waals surface area contributed by atoms with Crippen molar-refractivity contribution >= 4 is 5.97 Å². The number of hydrogen-bond donors (Lipinski definition) is 0. The van der Waals surface area contributed by atoms with Crippen LogP contribution in [0.15, 0.2) is 91.0 Å². The minimum absolute atomic E-state index is 0.0550. The Kier molecular flexibility index (Phi) is 6.53. The highest BCUT2D eigenvalue weighted by molar-refractivity contribution is 5.85. The van der Waals surface area contributed by atoms with Crippen LogP contribution in [-0.2, 0) is 14.9 Å². The Labute approximate surface area is 185 Å². The highest BCUT2D eigenvalue weighted by Crippen LogP contribution is 2.69. The van der Waals surface area contributed by atoms with Gasteiger partial charge in [0.1, 0.15) is 6.61 Å². The summed E-state index contributed by atoms with van der Waals surface area (Å²) in [5.74, 6) is -0.287. The van der Waals surface area contributed by atoms with E-state index in [1.807, 2.05) is 18.2 Å². The van der Waals surface area contributed by atoms with Crippen LogP contribution in [0.5, 0.6) is 0 Å². The Hall–Kier alpha value is -2.91. The molecule has 0 spiro atoms. The van der Waals surface area contributed by atoms with Crippen LogP contribution in [0.25, 0.3) is 0 Å². The molecule has 0 aromatic heterocycles. The summed E-state index contributed by atoms with van der Waals surface area (Å²) in [6.07, 6.45) is 0. The average Bonchev–Trinajstić information content (AvgIpc) is 3.55. The van der Waals surface area contributed by atoms with Crippen molar-refractivity contribution in [2.75, 3.05) is 26.2 Å². The highest BCUT2D eigenvalue weighted by atomic mass is 16.5. The van der Waals surface area contributed by atoms with Crippen LogP contribution in [-0.4, -0.2) is 37.1 Å². The summed E-state index contributed by atoms with van der Waals surface area (Å²) in [6.45, 7) is 7.38. The van der Waals surface area contributed by atoms with Gasteiger partial charge in [-0.2, -0.15) is 0 Å². The summed E-state index contributed by atoms with van der Waals surface area (Å²) < 4.78 is 5.87. The van der Waals surface area contributed by atoms with E-state index in [-0.39, 0.29) is 17.8 Å². The lowest BCUT2D eigenvalue weighted by Crippen LogP contribution is -2.28. The third-order valence-electron chi connectivity index (χ3n) is 6.67. The molecule has 31 heavy (non-hydrogen) atoms. The van der Waals surface area contributed by atoms with E-state index in [0.29, 0.717) is 6.61 Å². The van der Waals surface area contributed by atoms with E-state index < -0.39 is 5.41 Å². The summed E-state index contributed by atoms with van der Waals surface area (Å²) in [4.78, 5) is 15.7. The Morgan fingerprint density at radius 2 is 1.29 bits per heavy atom. The monoisotopic (exact) mass is 413 g/mol. The van der Waals surface area contributed by atoms with Crippen LogP contribution >= 0.6 is 0 Å². The third-order valence-corrected chi connectivity index (χ3v) is 6.67. The minimum Gasteiger partial charge on any atom is -0.464 e. The zero-order valence-electron chi connectivity index (χ0n) is 18.4. The summed E-state index contributed by atoms with van der Waals surface area (Å²) in [5, 5.41) is 0. The van der Waals surface area contributed by atoms with E-state index in [1.54, 1.807) is 0 Å². The predicted molar refractivity (Wildman–Crippen MR) is 125 cm³/mol. The second kappa shape index (κ2) is 9.49. The molecule has 0 aliphatic heterocycles. The molecule has 1 aliphatic rings. The fourth-order valence-corrected chi connectivity index (χ4v) is 5.04. The van der Waals surface area contributed by atoms with Crippen molar-refractivity contribution in [2.24, 2.45) is 5.92 Å². The molecule has 0 amide bonds. The van der Waals surface area contributed by atoms with Gasteiger partial charge in [0.2, 0.25) is 0 Å². The van der Waals surface area contributed by atoms with Crippen LogP contribution in [0.1, 0.15) is 36.5 Å². The number of nitrogens with zero attached hydrogens (tertiary/aromatic N) is 1. The molecule has 160 valence electrons. The maximum absolute atomic E-state index is 13.5. The average molecular weight is 414 g/mol. The van der Waals surface area contributed by atoms with E-state index in [2.05, 4.69) is 91.5 Å². The van der Waals surface area contributed by atoms with Gasteiger partial charge in [0.25, 0.3) is 0 Å². The molecule has 1 saturated carbocycles. The fourth-order valence-electron chi connectivity index (χ4n) is 5.04. The first-order valence-corrected chi connectivity index (χ1v) is 11.3. The van der Waals surface area contributed by atoms with Crippen molar-refractivity contribution < 1.29 is 9.53 Å². The molecule has 2 unspecified atom stereocenters. The van der Waals surface area contributed by atoms with Gasteiger partial charge < -0.3 is 9.64 Å². The number of esters is 1. The molecular formula is C28H31NO2. The summed E-state index contributed by atoms with van der Waals surface area (Å²) in [5.41, 5.74) is 3.11. The van der Waals surface area contributed by atoms with Crippen LogP contribution in [0.4, 0.5) is 0 Å². The molecule has 1 fully saturated rings. The molecule has 3 aromatic carbocycles. The first-order valence-electron chi connectivity index (χ1n) is 11.3. The SMILES string of the molecule is CCN(CC)CCOC(=O)C1C(c2ccccc2)C1(c1ccccc1)c1ccccc1. The first kappa shape index (κ1) is 21.3. The van der Waals surface area contributed by atoms with Gasteiger partial charge >= 0.3 is 5.97 Å². The smallest absolute Gasteiger partial charge is 0.310 e. The van der Waals surface area contributed by atoms with Crippen LogP contribution in [0, 0.1) is 5.92 Å². The predicted octanol–water partition coefficient (Wildman–Crippen LogP) is 5.27. The van der Waals surface area contributed by atoms with Gasteiger partial charge in [0.05, 0.1) is 5.92 Å². The number of hydrogen-bond acceptors (Lipinski definition) is 3. The van der Waals surface area contributed by atoms with Gasteiger partial charge in [0, 0.05) is 17.9 Å². The van der Waals surface area contributed by atoms with Gasteiger partial charge in [-0.05, 0) is 29.8 Å². The third kappa shape index (κ3) is 4.03. The molecule has 1 aliphatic carbocycles. The molecule has 3 aromatic rings. The number of carbonyl (C=O) groups is 1. The van der Waals surface area contributed by atoms with Crippen molar-refractivity contribution in [3.63, 3.8) is 0 Å². The van der Waals surface area contributed by atoms with E-state index in [1.165, 1.54) is 16.7 Å². The van der Waals surface area contributed by atoms with Gasteiger partial charge in [0.15, 0.2) is 0 Å². The zero-order chi connectivity index (χ0) is 21.7.